The summed E-state index contributed by atoms with van der Waals surface area (Å²) in [7, 11) is 7.52. The molecule has 3 heterocycles. The molecule has 9 nitrogen and oxygen atoms in total. The van der Waals surface area contributed by atoms with E-state index in [4.69, 9.17) is 12.6 Å². The Bertz CT molecular complexity index is 888. The fourth-order valence-electron chi connectivity index (χ4n) is 3.03. The van der Waals surface area contributed by atoms with Crippen molar-refractivity contribution in [3.05, 3.63) is 35.8 Å². The van der Waals surface area contributed by atoms with E-state index in [1.54, 1.807) is 44.8 Å². The van der Waals surface area contributed by atoms with E-state index in [0.29, 0.717) is 16.2 Å². The number of aryl methyl sites for hydroxylation is 1. The molecule has 1 aliphatic rings. The van der Waals surface area contributed by atoms with Crippen LogP contribution in [0.15, 0.2) is 24.5 Å². The Balaban J connectivity index is 2.09. The normalized spacial score (nSPS) is 21.7. The summed E-state index contributed by atoms with van der Waals surface area (Å²) in [5.41, 5.74) is -2.04. The van der Waals surface area contributed by atoms with Crippen LogP contribution in [0.3, 0.4) is 0 Å². The number of hydrogen-bond donors (Lipinski definition) is 3. The topological polar surface area (TPSA) is 121 Å². The van der Waals surface area contributed by atoms with Crippen LogP contribution in [0.4, 0.5) is 4.79 Å². The second-order valence-electron chi connectivity index (χ2n) is 7.56. The smallest absolute Gasteiger partial charge is 0.416 e. The Morgan fingerprint density at radius 2 is 2.00 bits per heavy atom. The monoisotopic (exact) mass is 372 g/mol. The molecule has 10 heteroatoms. The highest BCUT2D eigenvalue weighted by Gasteiger charge is 2.54. The average Bonchev–Trinajstić information content (AvgIpc) is 2.89. The maximum atomic E-state index is 12.5. The summed E-state index contributed by atoms with van der Waals surface area (Å²) in [6.45, 7) is 4.82. The Hall–Kier alpha value is -2.43. The highest BCUT2D eigenvalue weighted by molar-refractivity contribution is 6.15. The summed E-state index contributed by atoms with van der Waals surface area (Å²) in [5, 5.41) is 36.1. The van der Waals surface area contributed by atoms with Gasteiger partial charge in [-0.05, 0) is 32.9 Å². The van der Waals surface area contributed by atoms with Crippen LogP contribution in [0, 0.1) is 0 Å². The highest BCUT2D eigenvalue weighted by atomic mass is 16.6. The van der Waals surface area contributed by atoms with Gasteiger partial charge in [0, 0.05) is 31.4 Å². The summed E-state index contributed by atoms with van der Waals surface area (Å²) in [4.78, 5) is 17.0. The van der Waals surface area contributed by atoms with Crippen molar-refractivity contribution >= 4 is 13.9 Å². The molecule has 2 aromatic rings. The number of fused-ring (bicyclic) bond motifs is 1. The van der Waals surface area contributed by atoms with Crippen LogP contribution in [0.5, 0.6) is 0 Å². The van der Waals surface area contributed by atoms with Crippen LogP contribution in [0.25, 0.3) is 11.3 Å². The fourth-order valence-corrected chi connectivity index (χ4v) is 3.03. The lowest BCUT2D eigenvalue weighted by Gasteiger charge is -2.48. The molecule has 2 aromatic heterocycles. The van der Waals surface area contributed by atoms with Gasteiger partial charge in [0.2, 0.25) is 0 Å². The van der Waals surface area contributed by atoms with Gasteiger partial charge in [-0.2, -0.15) is 5.10 Å². The van der Waals surface area contributed by atoms with Crippen LogP contribution in [-0.2, 0) is 24.1 Å². The average molecular weight is 372 g/mol. The van der Waals surface area contributed by atoms with E-state index < -0.39 is 23.2 Å². The largest absolute Gasteiger partial charge is 0.444 e. The van der Waals surface area contributed by atoms with Gasteiger partial charge in [0.15, 0.2) is 0 Å². The van der Waals surface area contributed by atoms with Gasteiger partial charge < -0.3 is 20.1 Å². The molecule has 142 valence electrons. The SMILES string of the molecule is [B]C1(O)Cc2ncc(-c3ccnn3C)cc2C(O)(O)N1C(=O)OC(C)(C)C. The number of nitrogens with zero attached hydrogens (tertiary/aromatic N) is 4. The van der Waals surface area contributed by atoms with E-state index in [2.05, 4.69) is 10.1 Å². The molecule has 1 unspecified atom stereocenters. The van der Waals surface area contributed by atoms with E-state index >= 15 is 0 Å². The number of amides is 1. The summed E-state index contributed by atoms with van der Waals surface area (Å²) in [5.74, 6) is -2.93. The first-order valence-corrected chi connectivity index (χ1v) is 8.30. The lowest BCUT2D eigenvalue weighted by atomic mass is 9.79. The minimum Gasteiger partial charge on any atom is -0.444 e. The summed E-state index contributed by atoms with van der Waals surface area (Å²) in [6, 6.07) is 3.19. The molecule has 1 aliphatic heterocycles. The zero-order valence-corrected chi connectivity index (χ0v) is 15.5. The van der Waals surface area contributed by atoms with Gasteiger partial charge in [0.05, 0.1) is 17.0 Å². The number of aromatic nitrogens is 3. The van der Waals surface area contributed by atoms with Gasteiger partial charge in [-0.25, -0.2) is 9.69 Å². The Morgan fingerprint density at radius 1 is 1.33 bits per heavy atom. The second-order valence-corrected chi connectivity index (χ2v) is 7.56. The second kappa shape index (κ2) is 6.05. The molecule has 0 spiro atoms. The van der Waals surface area contributed by atoms with Gasteiger partial charge in [-0.3, -0.25) is 9.67 Å². The fraction of sp³-hybridized carbons (Fsp3) is 0.471. The van der Waals surface area contributed by atoms with Crippen molar-refractivity contribution in [3.63, 3.8) is 0 Å². The van der Waals surface area contributed by atoms with E-state index in [1.165, 1.54) is 12.3 Å². The maximum absolute atomic E-state index is 12.5. The third-order valence-corrected chi connectivity index (χ3v) is 4.15. The first-order valence-electron chi connectivity index (χ1n) is 8.30. The zero-order valence-electron chi connectivity index (χ0n) is 15.5. The Kier molecular flexibility index (Phi) is 4.33. The molecule has 1 atom stereocenters. The van der Waals surface area contributed by atoms with Crippen molar-refractivity contribution in [3.8, 4) is 11.3 Å². The first-order chi connectivity index (χ1) is 12.3. The molecule has 27 heavy (non-hydrogen) atoms. The van der Waals surface area contributed by atoms with Crippen LogP contribution >= 0.6 is 0 Å². The molecule has 3 rings (SSSR count). The van der Waals surface area contributed by atoms with Crippen molar-refractivity contribution in [2.45, 2.75) is 44.3 Å². The lowest BCUT2D eigenvalue weighted by Crippen LogP contribution is -2.66. The molecular weight excluding hydrogens is 351 g/mol. The zero-order chi connectivity index (χ0) is 20.2. The van der Waals surface area contributed by atoms with Gasteiger partial charge >= 0.3 is 6.09 Å². The predicted molar refractivity (Wildman–Crippen MR) is 95.0 cm³/mol. The number of aliphatic hydroxyl groups is 3. The van der Waals surface area contributed by atoms with E-state index in [1.807, 2.05) is 0 Å². The minimum absolute atomic E-state index is 0.0813. The lowest BCUT2D eigenvalue weighted by molar-refractivity contribution is -0.310. The van der Waals surface area contributed by atoms with Crippen LogP contribution < -0.4 is 0 Å². The van der Waals surface area contributed by atoms with Crippen LogP contribution in [0.2, 0.25) is 0 Å². The third kappa shape index (κ3) is 3.43. The molecule has 0 bridgehead atoms. The molecule has 0 aliphatic carbocycles. The number of ether oxygens (including phenoxy) is 1. The molecule has 0 saturated heterocycles. The van der Waals surface area contributed by atoms with Crippen molar-refractivity contribution in [1.29, 1.82) is 0 Å². The molecule has 1 amide bonds. The van der Waals surface area contributed by atoms with Gasteiger partial charge in [-0.15, -0.1) is 0 Å². The van der Waals surface area contributed by atoms with Gasteiger partial charge in [0.1, 0.15) is 19.1 Å². The summed E-state index contributed by atoms with van der Waals surface area (Å²) in [6.07, 6.45) is 1.61. The summed E-state index contributed by atoms with van der Waals surface area (Å²) >= 11 is 0. The number of hydrogen-bond acceptors (Lipinski definition) is 7. The molecule has 0 aromatic carbocycles. The highest BCUT2D eigenvalue weighted by Crippen LogP contribution is 2.39. The number of rotatable bonds is 1. The molecule has 0 fully saturated rings. The molecule has 0 saturated carbocycles. The standard InChI is InChI=1S/C17H21BN4O5/c1-15(2,3)27-14(23)22-16(18,24)8-12-11(17(22,25)26)7-10(9-19-12)13-5-6-20-21(13)4/h5-7,9,24-26H,8H2,1-4H3. The Labute approximate surface area is 157 Å². The number of carbonyl (C=O) groups excluding carboxylic acids is 1. The van der Waals surface area contributed by atoms with Gasteiger partial charge in [-0.1, -0.05) is 0 Å². The predicted octanol–water partition coefficient (Wildman–Crippen LogP) is 0.185. The minimum atomic E-state index is -2.93. The van der Waals surface area contributed by atoms with Crippen molar-refractivity contribution in [1.82, 2.24) is 19.7 Å². The van der Waals surface area contributed by atoms with Gasteiger partial charge in [0.25, 0.3) is 5.91 Å². The van der Waals surface area contributed by atoms with Crippen molar-refractivity contribution in [2.75, 3.05) is 0 Å². The first kappa shape index (κ1) is 19.3. The quantitative estimate of drug-likeness (QED) is 0.483. The van der Waals surface area contributed by atoms with E-state index in [-0.39, 0.29) is 17.7 Å². The van der Waals surface area contributed by atoms with E-state index in [0.717, 1.165) is 0 Å². The maximum Gasteiger partial charge on any atom is 0.416 e. The summed E-state index contributed by atoms with van der Waals surface area (Å²) < 4.78 is 6.77. The number of carbonyl (C=O) groups is 1. The Morgan fingerprint density at radius 3 is 2.56 bits per heavy atom. The van der Waals surface area contributed by atoms with Crippen molar-refractivity contribution in [2.24, 2.45) is 7.05 Å². The number of pyridine rings is 1. The van der Waals surface area contributed by atoms with Crippen molar-refractivity contribution < 1.29 is 24.9 Å². The molecule has 2 radical (unpaired) electrons. The molecule has 3 N–H and O–H groups in total. The van der Waals surface area contributed by atoms with Crippen LogP contribution in [-0.4, -0.2) is 60.1 Å². The van der Waals surface area contributed by atoms with E-state index in [9.17, 15) is 20.1 Å². The molecular formula is C17H21BN4O5. The van der Waals surface area contributed by atoms with Crippen LogP contribution in [0.1, 0.15) is 32.0 Å². The third-order valence-electron chi connectivity index (χ3n) is 4.15.